The molecule has 2 rings (SSSR count). The highest BCUT2D eigenvalue weighted by Gasteiger charge is 2.19. The zero-order valence-corrected chi connectivity index (χ0v) is 10.5. The van der Waals surface area contributed by atoms with E-state index in [-0.39, 0.29) is 5.78 Å². The summed E-state index contributed by atoms with van der Waals surface area (Å²) in [6.45, 7) is 1.88. The molecule has 0 heterocycles. The molecule has 0 fully saturated rings. The molecule has 84 valence electrons. The second-order valence-corrected chi connectivity index (χ2v) is 4.85. The van der Waals surface area contributed by atoms with Crippen LogP contribution in [0.25, 0.3) is 5.57 Å². The second-order valence-electron chi connectivity index (χ2n) is 4.00. The average Bonchev–Trinajstić information content (AvgIpc) is 2.23. The monoisotopic (exact) mass is 254 g/mol. The van der Waals surface area contributed by atoms with Crippen LogP contribution in [0.1, 0.15) is 31.7 Å². The fraction of sp³-hybridized carbons (Fsp3) is 0.308. The molecular weight excluding hydrogens is 243 g/mol. The van der Waals surface area contributed by atoms with Gasteiger partial charge in [0.05, 0.1) is 0 Å². The van der Waals surface area contributed by atoms with Gasteiger partial charge in [-0.3, -0.25) is 4.79 Å². The number of allylic oxidation sites excluding steroid dienone is 2. The van der Waals surface area contributed by atoms with E-state index in [1.54, 1.807) is 6.07 Å². The van der Waals surface area contributed by atoms with E-state index in [2.05, 4.69) is 0 Å². The van der Waals surface area contributed by atoms with Crippen LogP contribution in [0.3, 0.4) is 0 Å². The van der Waals surface area contributed by atoms with Crippen molar-refractivity contribution in [3.63, 3.8) is 0 Å². The first-order valence-electron chi connectivity index (χ1n) is 5.28. The molecule has 0 saturated heterocycles. The summed E-state index contributed by atoms with van der Waals surface area (Å²) in [5.74, 6) is 0.229. The molecule has 3 heteroatoms. The molecule has 0 aromatic heterocycles. The minimum atomic E-state index is 0.229. The third-order valence-electron chi connectivity index (χ3n) is 2.96. The van der Waals surface area contributed by atoms with Crippen LogP contribution in [-0.4, -0.2) is 5.78 Å². The summed E-state index contributed by atoms with van der Waals surface area (Å²) in [6.07, 6.45) is 2.48. The van der Waals surface area contributed by atoms with E-state index >= 15 is 0 Å². The number of carbonyl (C=O) groups excluding carboxylic acids is 1. The number of hydrogen-bond donors (Lipinski definition) is 0. The summed E-state index contributed by atoms with van der Waals surface area (Å²) in [6, 6.07) is 5.42. The van der Waals surface area contributed by atoms with Crippen LogP contribution in [0, 0.1) is 0 Å². The highest BCUT2D eigenvalue weighted by Crippen LogP contribution is 2.35. The van der Waals surface area contributed by atoms with Crippen LogP contribution in [0.2, 0.25) is 10.0 Å². The quantitative estimate of drug-likeness (QED) is 0.721. The van der Waals surface area contributed by atoms with E-state index in [0.29, 0.717) is 16.5 Å². The number of carbonyl (C=O) groups is 1. The van der Waals surface area contributed by atoms with Crippen molar-refractivity contribution >= 4 is 34.6 Å². The van der Waals surface area contributed by atoms with Crippen molar-refractivity contribution in [3.05, 3.63) is 39.4 Å². The molecule has 1 aromatic carbocycles. The summed E-state index contributed by atoms with van der Waals surface area (Å²) < 4.78 is 0. The second kappa shape index (κ2) is 4.60. The van der Waals surface area contributed by atoms with E-state index in [9.17, 15) is 4.79 Å². The Labute approximate surface area is 105 Å². The Hall–Kier alpha value is -0.790. The van der Waals surface area contributed by atoms with Crippen LogP contribution in [-0.2, 0) is 4.79 Å². The lowest BCUT2D eigenvalue weighted by Crippen LogP contribution is -2.08. The fourth-order valence-corrected chi connectivity index (χ4v) is 2.56. The highest BCUT2D eigenvalue weighted by atomic mass is 35.5. The maximum absolute atomic E-state index is 11.6. The molecule has 0 spiro atoms. The maximum atomic E-state index is 11.6. The van der Waals surface area contributed by atoms with Crippen molar-refractivity contribution in [2.75, 3.05) is 0 Å². The predicted molar refractivity (Wildman–Crippen MR) is 67.9 cm³/mol. The van der Waals surface area contributed by atoms with Crippen molar-refractivity contribution in [3.8, 4) is 0 Å². The lowest BCUT2D eigenvalue weighted by Gasteiger charge is -2.18. The minimum absolute atomic E-state index is 0.229. The van der Waals surface area contributed by atoms with Gasteiger partial charge in [-0.25, -0.2) is 0 Å². The summed E-state index contributed by atoms with van der Waals surface area (Å²) >= 11 is 12.0. The molecule has 0 saturated carbocycles. The Kier molecular flexibility index (Phi) is 3.36. The fourth-order valence-electron chi connectivity index (χ4n) is 2.04. The zero-order valence-electron chi connectivity index (χ0n) is 9.02. The van der Waals surface area contributed by atoms with Gasteiger partial charge in [0.15, 0.2) is 5.78 Å². The summed E-state index contributed by atoms with van der Waals surface area (Å²) in [7, 11) is 0. The normalized spacial score (nSPS) is 16.8. The van der Waals surface area contributed by atoms with E-state index in [1.807, 2.05) is 19.1 Å². The first kappa shape index (κ1) is 11.7. The Bertz CT molecular complexity index is 475. The van der Waals surface area contributed by atoms with Gasteiger partial charge in [-0.05, 0) is 48.6 Å². The van der Waals surface area contributed by atoms with E-state index < -0.39 is 0 Å². The third kappa shape index (κ3) is 2.16. The standard InChI is InChI=1S/C13H12Cl2O/c1-8-10(3-2-4-13(8)16)11-6-5-9(14)7-12(11)15/h5-7H,2-4H2,1H3. The van der Waals surface area contributed by atoms with E-state index in [1.165, 1.54) is 0 Å². The van der Waals surface area contributed by atoms with Crippen LogP contribution in [0.4, 0.5) is 0 Å². The van der Waals surface area contributed by atoms with Crippen molar-refractivity contribution in [2.45, 2.75) is 26.2 Å². The van der Waals surface area contributed by atoms with Gasteiger partial charge in [-0.1, -0.05) is 29.3 Å². The van der Waals surface area contributed by atoms with E-state index in [0.717, 1.165) is 29.6 Å². The average molecular weight is 255 g/mol. The summed E-state index contributed by atoms with van der Waals surface area (Å²) in [4.78, 5) is 11.6. The van der Waals surface area contributed by atoms with Gasteiger partial charge in [0, 0.05) is 16.5 Å². The summed E-state index contributed by atoms with van der Waals surface area (Å²) in [5, 5.41) is 1.24. The van der Waals surface area contributed by atoms with Crippen LogP contribution >= 0.6 is 23.2 Å². The lowest BCUT2D eigenvalue weighted by molar-refractivity contribution is -0.115. The number of ketones is 1. The first-order chi connectivity index (χ1) is 7.59. The van der Waals surface area contributed by atoms with Gasteiger partial charge in [0.2, 0.25) is 0 Å². The Balaban J connectivity index is 2.51. The molecule has 0 atom stereocenters. The Morgan fingerprint density at radius 3 is 2.62 bits per heavy atom. The van der Waals surface area contributed by atoms with Gasteiger partial charge in [0.1, 0.15) is 0 Å². The lowest BCUT2D eigenvalue weighted by atomic mass is 9.87. The Morgan fingerprint density at radius 2 is 1.94 bits per heavy atom. The zero-order chi connectivity index (χ0) is 11.7. The maximum Gasteiger partial charge on any atom is 0.158 e. The van der Waals surface area contributed by atoms with E-state index in [4.69, 9.17) is 23.2 Å². The topological polar surface area (TPSA) is 17.1 Å². The van der Waals surface area contributed by atoms with Crippen LogP contribution in [0.15, 0.2) is 23.8 Å². The summed E-state index contributed by atoms with van der Waals surface area (Å²) in [5.41, 5.74) is 2.85. The molecule has 0 unspecified atom stereocenters. The molecule has 0 bridgehead atoms. The Morgan fingerprint density at radius 1 is 1.19 bits per heavy atom. The molecule has 1 nitrogen and oxygen atoms in total. The largest absolute Gasteiger partial charge is 0.295 e. The van der Waals surface area contributed by atoms with Gasteiger partial charge in [-0.15, -0.1) is 0 Å². The first-order valence-corrected chi connectivity index (χ1v) is 6.03. The number of benzene rings is 1. The molecule has 1 aliphatic rings. The molecule has 0 radical (unpaired) electrons. The van der Waals surface area contributed by atoms with Crippen LogP contribution in [0.5, 0.6) is 0 Å². The minimum Gasteiger partial charge on any atom is -0.295 e. The molecule has 16 heavy (non-hydrogen) atoms. The van der Waals surface area contributed by atoms with Gasteiger partial charge >= 0.3 is 0 Å². The van der Waals surface area contributed by atoms with Crippen molar-refractivity contribution in [1.29, 1.82) is 0 Å². The highest BCUT2D eigenvalue weighted by molar-refractivity contribution is 6.35. The SMILES string of the molecule is CC1=C(c2ccc(Cl)cc2Cl)CCCC1=O. The molecule has 0 N–H and O–H groups in total. The number of rotatable bonds is 1. The van der Waals surface area contributed by atoms with Crippen molar-refractivity contribution in [1.82, 2.24) is 0 Å². The smallest absolute Gasteiger partial charge is 0.158 e. The number of halogens is 2. The van der Waals surface area contributed by atoms with Crippen molar-refractivity contribution < 1.29 is 4.79 Å². The van der Waals surface area contributed by atoms with Crippen LogP contribution < -0.4 is 0 Å². The molecule has 1 aromatic rings. The van der Waals surface area contributed by atoms with Crippen molar-refractivity contribution in [2.24, 2.45) is 0 Å². The molecule has 0 amide bonds. The van der Waals surface area contributed by atoms with Gasteiger partial charge < -0.3 is 0 Å². The molecule has 1 aliphatic carbocycles. The van der Waals surface area contributed by atoms with Gasteiger partial charge in [-0.2, -0.15) is 0 Å². The number of Topliss-reactive ketones (excluding diaryl/α,β-unsaturated/α-hetero) is 1. The molecule has 0 aliphatic heterocycles. The number of hydrogen-bond acceptors (Lipinski definition) is 1. The predicted octanol–water partition coefficient (Wildman–Crippen LogP) is 4.52. The third-order valence-corrected chi connectivity index (χ3v) is 3.51. The van der Waals surface area contributed by atoms with Gasteiger partial charge in [0.25, 0.3) is 0 Å². The molecular formula is C13H12Cl2O.